The Morgan fingerprint density at radius 1 is 1.47 bits per heavy atom. The summed E-state index contributed by atoms with van der Waals surface area (Å²) >= 11 is 6.21. The monoisotopic (exact) mass is 277 g/mol. The molecule has 0 radical (unpaired) electrons. The lowest BCUT2D eigenvalue weighted by Crippen LogP contribution is -2.31. The molecule has 1 saturated carbocycles. The number of pyridine rings is 1. The van der Waals surface area contributed by atoms with Crippen molar-refractivity contribution >= 4 is 23.0 Å². The maximum absolute atomic E-state index is 12.2. The van der Waals surface area contributed by atoms with Crippen LogP contribution in [0, 0.1) is 5.92 Å². The molecule has 2 heterocycles. The molecule has 100 valence electrons. The molecule has 0 aromatic carbocycles. The van der Waals surface area contributed by atoms with E-state index < -0.39 is 0 Å². The van der Waals surface area contributed by atoms with Gasteiger partial charge in [0.05, 0.1) is 17.3 Å². The summed E-state index contributed by atoms with van der Waals surface area (Å²) in [4.78, 5) is 12.2. The largest absolute Gasteiger partial charge is 0.352 e. The molecule has 0 spiro atoms. The zero-order valence-corrected chi connectivity index (χ0v) is 11.3. The van der Waals surface area contributed by atoms with Gasteiger partial charge in [-0.05, 0) is 30.9 Å². The molecule has 0 bridgehead atoms. The summed E-state index contributed by atoms with van der Waals surface area (Å²) in [6, 6.07) is 5.68. The number of nitrogens with one attached hydrogen (secondary N) is 1. The molecule has 1 amide bonds. The Morgan fingerprint density at radius 2 is 2.37 bits per heavy atom. The molecule has 1 N–H and O–H groups in total. The number of amides is 1. The number of alkyl halides is 1. The summed E-state index contributed by atoms with van der Waals surface area (Å²) in [5.41, 5.74) is 1.44. The van der Waals surface area contributed by atoms with E-state index >= 15 is 0 Å². The highest BCUT2D eigenvalue weighted by molar-refractivity contribution is 6.21. The van der Waals surface area contributed by atoms with Crippen molar-refractivity contribution < 1.29 is 4.79 Å². The van der Waals surface area contributed by atoms with Crippen molar-refractivity contribution in [1.82, 2.24) is 14.9 Å². The van der Waals surface area contributed by atoms with Gasteiger partial charge in [0.2, 0.25) is 0 Å². The van der Waals surface area contributed by atoms with Crippen LogP contribution in [0.4, 0.5) is 0 Å². The average molecular weight is 278 g/mol. The first-order chi connectivity index (χ1) is 9.25. The molecule has 1 aliphatic rings. The second-order valence-electron chi connectivity index (χ2n) is 5.01. The minimum absolute atomic E-state index is 0.0723. The topological polar surface area (TPSA) is 46.4 Å². The van der Waals surface area contributed by atoms with Crippen molar-refractivity contribution in [2.24, 2.45) is 5.92 Å². The third-order valence-corrected chi connectivity index (χ3v) is 4.34. The Labute approximate surface area is 116 Å². The Kier molecular flexibility index (Phi) is 3.42. The highest BCUT2D eigenvalue weighted by atomic mass is 35.5. The normalized spacial score (nSPS) is 22.8. The van der Waals surface area contributed by atoms with Gasteiger partial charge in [-0.25, -0.2) is 4.52 Å². The van der Waals surface area contributed by atoms with Gasteiger partial charge in [-0.15, -0.1) is 11.6 Å². The van der Waals surface area contributed by atoms with Crippen molar-refractivity contribution in [2.45, 2.75) is 24.6 Å². The highest BCUT2D eigenvalue weighted by Crippen LogP contribution is 2.29. The molecule has 1 aliphatic carbocycles. The second-order valence-corrected chi connectivity index (χ2v) is 5.57. The van der Waals surface area contributed by atoms with Crippen LogP contribution >= 0.6 is 11.6 Å². The summed E-state index contributed by atoms with van der Waals surface area (Å²) in [5, 5.41) is 7.34. The van der Waals surface area contributed by atoms with Crippen molar-refractivity contribution in [3.05, 3.63) is 36.2 Å². The van der Waals surface area contributed by atoms with Crippen LogP contribution in [0.2, 0.25) is 0 Å². The lowest BCUT2D eigenvalue weighted by molar-refractivity contribution is 0.0949. The van der Waals surface area contributed by atoms with Gasteiger partial charge in [0.25, 0.3) is 5.91 Å². The summed E-state index contributed by atoms with van der Waals surface area (Å²) in [6.45, 7) is 0.650. The van der Waals surface area contributed by atoms with Gasteiger partial charge in [-0.3, -0.25) is 4.79 Å². The van der Waals surface area contributed by atoms with E-state index in [0.29, 0.717) is 18.0 Å². The summed E-state index contributed by atoms with van der Waals surface area (Å²) in [7, 11) is 0. The van der Waals surface area contributed by atoms with Gasteiger partial charge in [0.1, 0.15) is 0 Å². The SMILES string of the molecule is O=C(NCC1CCCC1Cl)c1cnn2ccccc12. The lowest BCUT2D eigenvalue weighted by Gasteiger charge is -2.14. The molecule has 2 atom stereocenters. The number of carbonyl (C=O) groups excluding carboxylic acids is 1. The van der Waals surface area contributed by atoms with Crippen molar-refractivity contribution in [1.29, 1.82) is 0 Å². The number of fused-ring (bicyclic) bond motifs is 1. The van der Waals surface area contributed by atoms with E-state index in [2.05, 4.69) is 10.4 Å². The van der Waals surface area contributed by atoms with Gasteiger partial charge in [0, 0.05) is 18.1 Å². The molecule has 2 unspecified atom stereocenters. The average Bonchev–Trinajstić information content (AvgIpc) is 3.02. The van der Waals surface area contributed by atoms with Gasteiger partial charge >= 0.3 is 0 Å². The van der Waals surface area contributed by atoms with Gasteiger partial charge in [-0.2, -0.15) is 5.10 Å². The number of halogens is 1. The van der Waals surface area contributed by atoms with Crippen molar-refractivity contribution in [3.63, 3.8) is 0 Å². The van der Waals surface area contributed by atoms with Crippen LogP contribution in [0.25, 0.3) is 5.52 Å². The molecule has 19 heavy (non-hydrogen) atoms. The quantitative estimate of drug-likeness (QED) is 0.876. The van der Waals surface area contributed by atoms with Crippen LogP contribution in [-0.2, 0) is 0 Å². The molecule has 2 aromatic rings. The van der Waals surface area contributed by atoms with Crippen LogP contribution in [0.3, 0.4) is 0 Å². The third kappa shape index (κ3) is 2.45. The zero-order chi connectivity index (χ0) is 13.2. The van der Waals surface area contributed by atoms with Crippen LogP contribution in [-0.4, -0.2) is 27.4 Å². The Bertz CT molecular complexity index is 595. The predicted molar refractivity (Wildman–Crippen MR) is 74.5 cm³/mol. The van der Waals surface area contributed by atoms with Crippen LogP contribution in [0.1, 0.15) is 29.6 Å². The molecular formula is C14H16ClN3O. The van der Waals surface area contributed by atoms with Crippen LogP contribution in [0.5, 0.6) is 0 Å². The summed E-state index contributed by atoms with van der Waals surface area (Å²) in [5.74, 6) is 0.324. The highest BCUT2D eigenvalue weighted by Gasteiger charge is 2.25. The maximum Gasteiger partial charge on any atom is 0.255 e. The van der Waals surface area contributed by atoms with E-state index in [-0.39, 0.29) is 11.3 Å². The number of nitrogens with zero attached hydrogens (tertiary/aromatic N) is 2. The van der Waals surface area contributed by atoms with E-state index in [0.717, 1.165) is 24.8 Å². The first-order valence-electron chi connectivity index (χ1n) is 6.60. The van der Waals surface area contributed by atoms with Crippen molar-refractivity contribution in [2.75, 3.05) is 6.54 Å². The van der Waals surface area contributed by atoms with E-state index in [1.54, 1.807) is 10.7 Å². The Hall–Kier alpha value is -1.55. The number of hydrogen-bond donors (Lipinski definition) is 1. The fourth-order valence-corrected chi connectivity index (χ4v) is 3.02. The zero-order valence-electron chi connectivity index (χ0n) is 10.6. The molecule has 3 rings (SSSR count). The van der Waals surface area contributed by atoms with Crippen LogP contribution < -0.4 is 5.32 Å². The molecule has 0 saturated heterocycles. The number of aromatic nitrogens is 2. The number of rotatable bonds is 3. The standard InChI is InChI=1S/C14H16ClN3O/c15-12-5-3-4-10(12)8-16-14(19)11-9-17-18-7-2-1-6-13(11)18/h1-2,6-7,9-10,12H,3-5,8H2,(H,16,19). The number of carbonyl (C=O) groups is 1. The van der Waals surface area contributed by atoms with E-state index in [9.17, 15) is 4.79 Å². The molecule has 4 nitrogen and oxygen atoms in total. The first kappa shape index (κ1) is 12.5. The number of hydrogen-bond acceptors (Lipinski definition) is 2. The third-order valence-electron chi connectivity index (χ3n) is 3.76. The van der Waals surface area contributed by atoms with Gasteiger partial charge in [-0.1, -0.05) is 12.5 Å². The van der Waals surface area contributed by atoms with Gasteiger partial charge < -0.3 is 5.32 Å². The second kappa shape index (κ2) is 5.21. The van der Waals surface area contributed by atoms with E-state index in [4.69, 9.17) is 11.6 Å². The van der Waals surface area contributed by atoms with Gasteiger partial charge in [0.15, 0.2) is 0 Å². The minimum Gasteiger partial charge on any atom is -0.352 e. The Balaban J connectivity index is 1.70. The molecular weight excluding hydrogens is 262 g/mol. The fraction of sp³-hybridized carbons (Fsp3) is 0.429. The summed E-state index contributed by atoms with van der Waals surface area (Å²) in [6.07, 6.45) is 6.75. The smallest absolute Gasteiger partial charge is 0.255 e. The fourth-order valence-electron chi connectivity index (χ4n) is 2.65. The lowest BCUT2D eigenvalue weighted by atomic mass is 10.1. The van der Waals surface area contributed by atoms with Crippen LogP contribution in [0.15, 0.2) is 30.6 Å². The maximum atomic E-state index is 12.2. The molecule has 1 fully saturated rings. The van der Waals surface area contributed by atoms with Crippen molar-refractivity contribution in [3.8, 4) is 0 Å². The molecule has 5 heteroatoms. The minimum atomic E-state index is -0.0723. The first-order valence-corrected chi connectivity index (χ1v) is 7.04. The molecule has 0 aliphatic heterocycles. The Morgan fingerprint density at radius 3 is 3.16 bits per heavy atom. The van der Waals surface area contributed by atoms with E-state index in [1.165, 1.54) is 0 Å². The molecule has 2 aromatic heterocycles. The van der Waals surface area contributed by atoms with E-state index in [1.807, 2.05) is 24.4 Å². The predicted octanol–water partition coefficient (Wildman–Crippen LogP) is 2.47. The summed E-state index contributed by atoms with van der Waals surface area (Å²) < 4.78 is 1.70.